The number of hydrogen-bond donors (Lipinski definition) is 0. The number of hydrogen-bond acceptors (Lipinski definition) is 2. The molecule has 12 heavy (non-hydrogen) atoms. The van der Waals surface area contributed by atoms with E-state index < -0.39 is 0 Å². The minimum Gasteiger partial charge on any atom is -0.300 e. The van der Waals surface area contributed by atoms with Crippen LogP contribution in [0.1, 0.15) is 39.5 Å². The lowest BCUT2D eigenvalue weighted by atomic mass is 9.60. The molecule has 1 rings (SSSR count). The molecule has 1 aliphatic rings. The number of rotatable bonds is 3. The Labute approximate surface area is 73.6 Å². The van der Waals surface area contributed by atoms with E-state index in [1.54, 1.807) is 0 Å². The average molecular weight is 165 g/mol. The van der Waals surface area contributed by atoms with Gasteiger partial charge in [-0.3, -0.25) is 4.79 Å². The third kappa shape index (κ3) is 1.24. The second kappa shape index (κ2) is 3.26. The summed E-state index contributed by atoms with van der Waals surface area (Å²) in [6, 6.07) is 2.33. The van der Waals surface area contributed by atoms with Crippen LogP contribution in [0.3, 0.4) is 0 Å². The van der Waals surface area contributed by atoms with Gasteiger partial charge in [-0.05, 0) is 5.92 Å². The summed E-state index contributed by atoms with van der Waals surface area (Å²) < 4.78 is 0. The normalized spacial score (nSPS) is 20.3. The Morgan fingerprint density at radius 3 is 2.25 bits per heavy atom. The van der Waals surface area contributed by atoms with Gasteiger partial charge in [-0.25, -0.2) is 0 Å². The SMILES string of the molecule is CCC(CC)C1(C#N)CC(=O)C1. The van der Waals surface area contributed by atoms with Crippen molar-refractivity contribution in [3.05, 3.63) is 0 Å². The number of nitrogens with zero attached hydrogens (tertiary/aromatic N) is 1. The average Bonchev–Trinajstić information content (AvgIpc) is 2.02. The predicted molar refractivity (Wildman–Crippen MR) is 46.4 cm³/mol. The molecular formula is C10H15NO. The number of carbonyl (C=O) groups excluding carboxylic acids is 1. The molecule has 1 fully saturated rings. The van der Waals surface area contributed by atoms with Crippen LogP contribution in [0.25, 0.3) is 0 Å². The van der Waals surface area contributed by atoms with E-state index in [0.29, 0.717) is 18.8 Å². The van der Waals surface area contributed by atoms with E-state index in [4.69, 9.17) is 5.26 Å². The Kier molecular flexibility index (Phi) is 2.52. The van der Waals surface area contributed by atoms with Crippen molar-refractivity contribution in [1.29, 1.82) is 5.26 Å². The second-order valence-corrected chi connectivity index (χ2v) is 3.67. The molecule has 66 valence electrons. The zero-order chi connectivity index (χ0) is 9.19. The molecule has 0 heterocycles. The quantitative estimate of drug-likeness (QED) is 0.643. The molecule has 0 aromatic rings. The molecule has 1 saturated carbocycles. The van der Waals surface area contributed by atoms with E-state index in [-0.39, 0.29) is 11.2 Å². The number of Topliss-reactive ketones (excluding diaryl/α,β-unsaturated/α-hetero) is 1. The van der Waals surface area contributed by atoms with Gasteiger partial charge in [-0.1, -0.05) is 26.7 Å². The molecule has 0 unspecified atom stereocenters. The molecule has 0 spiro atoms. The fourth-order valence-corrected chi connectivity index (χ4v) is 2.18. The molecule has 0 aromatic heterocycles. The molecule has 2 heteroatoms. The summed E-state index contributed by atoms with van der Waals surface area (Å²) >= 11 is 0. The lowest BCUT2D eigenvalue weighted by molar-refractivity contribution is -0.132. The molecular weight excluding hydrogens is 150 g/mol. The summed E-state index contributed by atoms with van der Waals surface area (Å²) in [5.74, 6) is 0.670. The van der Waals surface area contributed by atoms with Crippen LogP contribution in [-0.4, -0.2) is 5.78 Å². The van der Waals surface area contributed by atoms with E-state index in [2.05, 4.69) is 19.9 Å². The van der Waals surface area contributed by atoms with Gasteiger partial charge in [-0.15, -0.1) is 0 Å². The minimum atomic E-state index is -0.291. The predicted octanol–water partition coefficient (Wildman–Crippen LogP) is 2.30. The van der Waals surface area contributed by atoms with Crippen molar-refractivity contribution >= 4 is 5.78 Å². The van der Waals surface area contributed by atoms with Crippen LogP contribution >= 0.6 is 0 Å². The first kappa shape index (κ1) is 9.25. The molecule has 0 aromatic carbocycles. The van der Waals surface area contributed by atoms with Gasteiger partial charge in [0.05, 0.1) is 11.5 Å². The highest BCUT2D eigenvalue weighted by Gasteiger charge is 2.48. The molecule has 0 bridgehead atoms. The molecule has 0 N–H and O–H groups in total. The van der Waals surface area contributed by atoms with Crippen molar-refractivity contribution in [1.82, 2.24) is 0 Å². The lowest BCUT2D eigenvalue weighted by Gasteiger charge is -2.40. The number of ketones is 1. The molecule has 0 atom stereocenters. The molecule has 2 nitrogen and oxygen atoms in total. The highest BCUT2D eigenvalue weighted by molar-refractivity contribution is 5.87. The van der Waals surface area contributed by atoms with Crippen molar-refractivity contribution in [3.8, 4) is 6.07 Å². The molecule has 0 saturated heterocycles. The first-order valence-corrected chi connectivity index (χ1v) is 4.61. The first-order chi connectivity index (χ1) is 5.68. The van der Waals surface area contributed by atoms with Crippen molar-refractivity contribution in [2.75, 3.05) is 0 Å². The Hall–Kier alpha value is -0.840. The first-order valence-electron chi connectivity index (χ1n) is 4.61. The summed E-state index contributed by atoms with van der Waals surface area (Å²) in [4.78, 5) is 10.9. The van der Waals surface area contributed by atoms with Gasteiger partial charge in [0.15, 0.2) is 0 Å². The number of carbonyl (C=O) groups is 1. The van der Waals surface area contributed by atoms with E-state index in [1.807, 2.05) is 0 Å². The summed E-state index contributed by atoms with van der Waals surface area (Å²) in [7, 11) is 0. The topological polar surface area (TPSA) is 40.9 Å². The zero-order valence-corrected chi connectivity index (χ0v) is 7.76. The molecule has 1 aliphatic carbocycles. The van der Waals surface area contributed by atoms with E-state index in [9.17, 15) is 4.79 Å². The summed E-state index contributed by atoms with van der Waals surface area (Å²) in [6.07, 6.45) is 3.01. The van der Waals surface area contributed by atoms with Gasteiger partial charge in [-0.2, -0.15) is 5.26 Å². The van der Waals surface area contributed by atoms with Gasteiger partial charge in [0, 0.05) is 12.8 Å². The van der Waals surface area contributed by atoms with E-state index in [1.165, 1.54) is 0 Å². The Balaban J connectivity index is 2.69. The maximum Gasteiger partial charge on any atom is 0.136 e. The third-order valence-corrected chi connectivity index (χ3v) is 3.01. The van der Waals surface area contributed by atoms with Gasteiger partial charge >= 0.3 is 0 Å². The molecule has 0 amide bonds. The standard InChI is InChI=1S/C10H15NO/c1-3-8(4-2)10(7-11)5-9(12)6-10/h8H,3-6H2,1-2H3. The highest BCUT2D eigenvalue weighted by Crippen LogP contribution is 2.46. The Bertz CT molecular complexity index is 214. The van der Waals surface area contributed by atoms with Crippen LogP contribution in [0.2, 0.25) is 0 Å². The zero-order valence-electron chi connectivity index (χ0n) is 7.76. The van der Waals surface area contributed by atoms with Gasteiger partial charge in [0.1, 0.15) is 5.78 Å². The summed E-state index contributed by atoms with van der Waals surface area (Å²) in [5.41, 5.74) is -0.291. The van der Waals surface area contributed by atoms with Crippen molar-refractivity contribution < 1.29 is 4.79 Å². The number of nitriles is 1. The van der Waals surface area contributed by atoms with Gasteiger partial charge < -0.3 is 0 Å². The molecule has 0 radical (unpaired) electrons. The van der Waals surface area contributed by atoms with Crippen molar-refractivity contribution in [3.63, 3.8) is 0 Å². The summed E-state index contributed by atoms with van der Waals surface area (Å²) in [5, 5.41) is 8.98. The van der Waals surface area contributed by atoms with Crippen molar-refractivity contribution in [2.24, 2.45) is 11.3 Å². The van der Waals surface area contributed by atoms with E-state index >= 15 is 0 Å². The fourth-order valence-electron chi connectivity index (χ4n) is 2.18. The summed E-state index contributed by atoms with van der Waals surface area (Å²) in [6.45, 7) is 4.19. The van der Waals surface area contributed by atoms with Gasteiger partial charge in [0.25, 0.3) is 0 Å². The maximum absolute atomic E-state index is 10.9. The van der Waals surface area contributed by atoms with Gasteiger partial charge in [0.2, 0.25) is 0 Å². The van der Waals surface area contributed by atoms with Crippen LogP contribution in [0, 0.1) is 22.7 Å². The van der Waals surface area contributed by atoms with Crippen LogP contribution in [0.15, 0.2) is 0 Å². The van der Waals surface area contributed by atoms with Crippen molar-refractivity contribution in [2.45, 2.75) is 39.5 Å². The lowest BCUT2D eigenvalue weighted by Crippen LogP contribution is -2.42. The van der Waals surface area contributed by atoms with Crippen LogP contribution in [-0.2, 0) is 4.79 Å². The molecule has 0 aliphatic heterocycles. The highest BCUT2D eigenvalue weighted by atomic mass is 16.1. The minimum absolute atomic E-state index is 0.253. The second-order valence-electron chi connectivity index (χ2n) is 3.67. The maximum atomic E-state index is 10.9. The van der Waals surface area contributed by atoms with Crippen LogP contribution in [0.4, 0.5) is 0 Å². The largest absolute Gasteiger partial charge is 0.300 e. The third-order valence-electron chi connectivity index (χ3n) is 3.01. The van der Waals surface area contributed by atoms with Crippen LogP contribution in [0.5, 0.6) is 0 Å². The smallest absolute Gasteiger partial charge is 0.136 e. The van der Waals surface area contributed by atoms with Crippen LogP contribution < -0.4 is 0 Å². The van der Waals surface area contributed by atoms with E-state index in [0.717, 1.165) is 12.8 Å². The monoisotopic (exact) mass is 165 g/mol. The Morgan fingerprint density at radius 2 is 2.00 bits per heavy atom. The Morgan fingerprint density at radius 1 is 1.50 bits per heavy atom. The fraction of sp³-hybridized carbons (Fsp3) is 0.800.